The van der Waals surface area contributed by atoms with Crippen LogP contribution in [0.5, 0.6) is 0 Å². The fraction of sp³-hybridized carbons (Fsp3) is 0.750. The fourth-order valence-corrected chi connectivity index (χ4v) is 7.52. The molecule has 31 heavy (non-hydrogen) atoms. The van der Waals surface area contributed by atoms with Crippen LogP contribution in [0.25, 0.3) is 0 Å². The zero-order valence-corrected chi connectivity index (χ0v) is 22.8. The number of carbonyl (C=O) groups excluding carboxylic acids is 2. The van der Waals surface area contributed by atoms with Gasteiger partial charge in [-0.1, -0.05) is 39.3 Å². The van der Waals surface area contributed by atoms with Crippen LogP contribution in [0.15, 0.2) is 11.0 Å². The van der Waals surface area contributed by atoms with Crippen LogP contribution in [0, 0.1) is 16.9 Å². The highest BCUT2D eigenvalue weighted by atomic mass is 28.3. The van der Waals surface area contributed by atoms with Gasteiger partial charge < -0.3 is 9.47 Å². The zero-order valence-electron chi connectivity index (χ0n) is 20.8. The highest BCUT2D eigenvalue weighted by Gasteiger charge is 2.63. The van der Waals surface area contributed by atoms with E-state index in [1.165, 1.54) is 5.57 Å². The molecule has 3 rings (SSSR count). The van der Waals surface area contributed by atoms with Crippen molar-refractivity contribution in [1.29, 1.82) is 0 Å². The molecular weight excluding hydrogens is 422 g/mol. The number of carbonyl (C=O) groups is 2. The van der Waals surface area contributed by atoms with Gasteiger partial charge in [0.1, 0.15) is 27.8 Å². The summed E-state index contributed by atoms with van der Waals surface area (Å²) in [5, 5.41) is 0.929. The highest BCUT2D eigenvalue weighted by Crippen LogP contribution is 2.59. The van der Waals surface area contributed by atoms with Gasteiger partial charge in [-0.3, -0.25) is 4.90 Å². The summed E-state index contributed by atoms with van der Waals surface area (Å²) in [7, 11) is -3.25. The molecule has 1 amide bonds. The lowest BCUT2D eigenvalue weighted by atomic mass is 9.76. The van der Waals surface area contributed by atoms with E-state index in [0.717, 1.165) is 31.1 Å². The SMILES string of the molecule is CC(C)(C)OC(=O)[C@@H]1C[C@]2(CCC#C[Si](C)(C)C)CCC3=C([Si](C)(C)C)OC(=O)N1[C@@H]32. The number of esters is 1. The smallest absolute Gasteiger partial charge is 0.415 e. The Balaban J connectivity index is 1.99. The minimum absolute atomic E-state index is 0.0540. The Morgan fingerprint density at radius 1 is 1.23 bits per heavy atom. The van der Waals surface area contributed by atoms with E-state index in [1.807, 2.05) is 20.8 Å². The van der Waals surface area contributed by atoms with Gasteiger partial charge in [0.15, 0.2) is 0 Å². The van der Waals surface area contributed by atoms with E-state index in [9.17, 15) is 9.59 Å². The van der Waals surface area contributed by atoms with Crippen LogP contribution >= 0.6 is 0 Å². The third kappa shape index (κ3) is 4.95. The molecule has 2 fully saturated rings. The summed E-state index contributed by atoms with van der Waals surface area (Å²) in [5.74, 6) is 3.10. The summed E-state index contributed by atoms with van der Waals surface area (Å²) in [5.41, 5.74) is 4.01. The van der Waals surface area contributed by atoms with Gasteiger partial charge in [-0.15, -0.1) is 11.5 Å². The molecule has 0 unspecified atom stereocenters. The second-order valence-corrected chi connectivity index (χ2v) is 22.2. The third-order valence-corrected chi connectivity index (χ3v) is 8.99. The van der Waals surface area contributed by atoms with Crippen LogP contribution < -0.4 is 0 Å². The predicted octanol–water partition coefficient (Wildman–Crippen LogP) is 5.49. The van der Waals surface area contributed by atoms with Gasteiger partial charge in [-0.05, 0) is 57.4 Å². The number of hydrogen-bond donors (Lipinski definition) is 0. The van der Waals surface area contributed by atoms with Gasteiger partial charge in [-0.2, -0.15) is 0 Å². The monoisotopic (exact) mass is 461 g/mol. The molecule has 0 bridgehead atoms. The van der Waals surface area contributed by atoms with E-state index in [0.29, 0.717) is 6.42 Å². The maximum Gasteiger partial charge on any atom is 0.415 e. The number of cyclic esters (lactones) is 1. The van der Waals surface area contributed by atoms with E-state index < -0.39 is 27.8 Å². The highest BCUT2D eigenvalue weighted by molar-refractivity contribution is 6.84. The van der Waals surface area contributed by atoms with Gasteiger partial charge in [0.2, 0.25) is 0 Å². The molecule has 3 atom stereocenters. The van der Waals surface area contributed by atoms with Crippen LogP contribution in [-0.4, -0.2) is 50.8 Å². The summed E-state index contributed by atoms with van der Waals surface area (Å²) in [4.78, 5) is 28.0. The van der Waals surface area contributed by atoms with Crippen molar-refractivity contribution >= 4 is 28.2 Å². The Kier molecular flexibility index (Phi) is 6.07. The largest absolute Gasteiger partial charge is 0.458 e. The Bertz CT molecular complexity index is 863. The third-order valence-electron chi connectivity index (χ3n) is 6.28. The number of amides is 1. The van der Waals surface area contributed by atoms with Crippen LogP contribution in [0.4, 0.5) is 4.79 Å². The molecule has 5 nitrogen and oxygen atoms in total. The minimum Gasteiger partial charge on any atom is -0.458 e. The van der Waals surface area contributed by atoms with E-state index in [1.54, 1.807) is 4.90 Å². The lowest BCUT2D eigenvalue weighted by molar-refractivity contribution is -0.160. The lowest BCUT2D eigenvalue weighted by Gasteiger charge is -2.39. The molecule has 2 aliphatic heterocycles. The van der Waals surface area contributed by atoms with Crippen LogP contribution in [0.3, 0.4) is 0 Å². The van der Waals surface area contributed by atoms with Crippen LogP contribution in [0.2, 0.25) is 39.3 Å². The maximum atomic E-state index is 13.2. The Morgan fingerprint density at radius 3 is 2.42 bits per heavy atom. The molecule has 3 aliphatic rings. The minimum atomic E-state index is -1.83. The first-order valence-electron chi connectivity index (χ1n) is 11.5. The molecule has 1 saturated carbocycles. The fourth-order valence-electron chi connectivity index (χ4n) is 5.25. The van der Waals surface area contributed by atoms with Gasteiger partial charge in [0.25, 0.3) is 0 Å². The molecule has 2 heterocycles. The molecule has 7 heteroatoms. The van der Waals surface area contributed by atoms with Gasteiger partial charge >= 0.3 is 12.1 Å². The second-order valence-electron chi connectivity index (χ2n) is 12.4. The summed E-state index contributed by atoms with van der Waals surface area (Å²) in [6.07, 6.45) is 3.89. The molecule has 1 saturated heterocycles. The molecule has 0 aromatic rings. The standard InChI is InChI=1S/C24H39NO4Si2/c1-23(2,3)29-20(26)18-16-24(13-10-11-15-30(4,5)6)14-12-17-19(24)25(18)22(27)28-21(17)31(7,8)9/h18-19H,10,12-14,16H2,1-9H3/t18-,19-,24-/m0/s1. The zero-order chi connectivity index (χ0) is 23.4. The van der Waals surface area contributed by atoms with Crippen molar-refractivity contribution in [1.82, 2.24) is 4.90 Å². The second kappa shape index (κ2) is 7.81. The maximum absolute atomic E-state index is 13.2. The van der Waals surface area contributed by atoms with Crippen molar-refractivity contribution in [2.75, 3.05) is 0 Å². The van der Waals surface area contributed by atoms with Crippen molar-refractivity contribution in [3.63, 3.8) is 0 Å². The first-order chi connectivity index (χ1) is 14.0. The van der Waals surface area contributed by atoms with Crippen LogP contribution in [-0.2, 0) is 14.3 Å². The van der Waals surface area contributed by atoms with Crippen LogP contribution in [0.1, 0.15) is 52.9 Å². The predicted molar refractivity (Wildman–Crippen MR) is 129 cm³/mol. The summed E-state index contributed by atoms with van der Waals surface area (Å²) >= 11 is 0. The number of nitrogens with zero attached hydrogens (tertiary/aromatic N) is 1. The lowest BCUT2D eigenvalue weighted by Crippen LogP contribution is -2.52. The first-order valence-corrected chi connectivity index (χ1v) is 18.5. The summed E-state index contributed by atoms with van der Waals surface area (Å²) < 4.78 is 11.6. The van der Waals surface area contributed by atoms with Gasteiger partial charge in [-0.25, -0.2) is 9.59 Å². The van der Waals surface area contributed by atoms with Gasteiger partial charge in [0.05, 0.1) is 11.4 Å². The first kappa shape index (κ1) is 24.1. The Labute approximate surface area is 189 Å². The van der Waals surface area contributed by atoms with E-state index in [-0.39, 0.29) is 23.5 Å². The molecule has 0 aromatic carbocycles. The molecule has 0 spiro atoms. The Hall–Kier alpha value is -1.53. The molecular formula is C24H39NO4Si2. The molecule has 0 aromatic heterocycles. The van der Waals surface area contributed by atoms with Crippen molar-refractivity contribution in [3.05, 3.63) is 11.0 Å². The van der Waals surface area contributed by atoms with Crippen molar-refractivity contribution in [3.8, 4) is 11.5 Å². The number of ether oxygens (including phenoxy) is 2. The summed E-state index contributed by atoms with van der Waals surface area (Å²) in [6, 6.07) is -0.637. The average molecular weight is 462 g/mol. The van der Waals surface area contributed by atoms with Gasteiger partial charge in [0, 0.05) is 6.42 Å². The van der Waals surface area contributed by atoms with E-state index in [4.69, 9.17) is 9.47 Å². The normalized spacial score (nSPS) is 28.2. The molecule has 0 radical (unpaired) electrons. The quantitative estimate of drug-likeness (QED) is 0.315. The molecule has 1 aliphatic carbocycles. The average Bonchev–Trinajstić information content (AvgIpc) is 3.09. The topological polar surface area (TPSA) is 55.8 Å². The number of hydrogen-bond acceptors (Lipinski definition) is 4. The van der Waals surface area contributed by atoms with E-state index >= 15 is 0 Å². The molecule has 0 N–H and O–H groups in total. The van der Waals surface area contributed by atoms with E-state index in [2.05, 4.69) is 50.7 Å². The Morgan fingerprint density at radius 2 is 1.87 bits per heavy atom. The summed E-state index contributed by atoms with van der Waals surface area (Å²) in [6.45, 7) is 19.0. The molecule has 172 valence electrons. The van der Waals surface area contributed by atoms with Crippen molar-refractivity contribution < 1.29 is 19.1 Å². The number of rotatable bonds is 4. The van der Waals surface area contributed by atoms with Crippen molar-refractivity contribution in [2.45, 2.75) is 110 Å². The van der Waals surface area contributed by atoms with Crippen molar-refractivity contribution in [2.24, 2.45) is 5.41 Å².